The van der Waals surface area contributed by atoms with Gasteiger partial charge in [0.25, 0.3) is 0 Å². The van der Waals surface area contributed by atoms with E-state index in [9.17, 15) is 4.79 Å². The second kappa shape index (κ2) is 8.36. The van der Waals surface area contributed by atoms with Crippen molar-refractivity contribution >= 4 is 11.9 Å². The van der Waals surface area contributed by atoms with Gasteiger partial charge in [0.05, 0.1) is 19.7 Å². The molecule has 0 saturated carbocycles. The number of hydrogen-bond donors (Lipinski definition) is 4. The lowest BCUT2D eigenvalue weighted by molar-refractivity contribution is -0.119. The first-order valence-corrected chi connectivity index (χ1v) is 5.08. The third kappa shape index (κ3) is 7.14. The number of amides is 1. The number of rotatable bonds is 6. The molecular weight excluding hydrogens is 224 g/mol. The van der Waals surface area contributed by atoms with Crippen molar-refractivity contribution in [2.45, 2.75) is 6.92 Å². The van der Waals surface area contributed by atoms with Gasteiger partial charge >= 0.3 is 0 Å². The molecule has 0 aromatic rings. The van der Waals surface area contributed by atoms with Crippen LogP contribution < -0.4 is 22.3 Å². The zero-order valence-corrected chi connectivity index (χ0v) is 10.2. The van der Waals surface area contributed by atoms with E-state index in [1.54, 1.807) is 0 Å². The van der Waals surface area contributed by atoms with E-state index in [2.05, 4.69) is 22.3 Å². The number of hydrogen-bond acceptors (Lipinski definition) is 6. The molecule has 0 unspecified atom stereocenters. The first kappa shape index (κ1) is 15.2. The molecule has 1 amide bonds. The highest BCUT2D eigenvalue weighted by Gasteiger charge is 2.07. The van der Waals surface area contributed by atoms with Gasteiger partial charge in [0.2, 0.25) is 11.9 Å². The van der Waals surface area contributed by atoms with E-state index in [4.69, 9.17) is 16.4 Å². The number of carbonyl (C=O) groups is 1. The molecule has 0 radical (unpaired) electrons. The van der Waals surface area contributed by atoms with Crippen LogP contribution in [-0.4, -0.2) is 43.6 Å². The quantitative estimate of drug-likeness (QED) is 0.145. The van der Waals surface area contributed by atoms with Gasteiger partial charge in [-0.2, -0.15) is 0 Å². The first-order valence-electron chi connectivity index (χ1n) is 5.08. The van der Waals surface area contributed by atoms with Crippen LogP contribution in [0.2, 0.25) is 0 Å². The van der Waals surface area contributed by atoms with E-state index in [1.807, 2.05) is 6.92 Å². The number of carbonyl (C=O) groups excluding carboxylic acids is 1. The topological polar surface area (TPSA) is 118 Å². The van der Waals surface area contributed by atoms with Crippen molar-refractivity contribution < 1.29 is 9.53 Å². The standard InChI is InChI=1S/C9H20N6O2/c1-4-17-7(2)5-12-6-8(16)13-9(14-10)15(3)11/h12H,2,4-6,10-11H2,1,3H3,(H,13,14,16). The summed E-state index contributed by atoms with van der Waals surface area (Å²) in [5.74, 6) is 10.7. The third-order valence-electron chi connectivity index (χ3n) is 1.66. The summed E-state index contributed by atoms with van der Waals surface area (Å²) in [5.41, 5.74) is 0. The molecule has 0 aliphatic carbocycles. The predicted molar refractivity (Wildman–Crippen MR) is 65.4 cm³/mol. The van der Waals surface area contributed by atoms with Crippen LogP contribution in [0.3, 0.4) is 0 Å². The largest absolute Gasteiger partial charge is 0.497 e. The third-order valence-corrected chi connectivity index (χ3v) is 1.66. The summed E-state index contributed by atoms with van der Waals surface area (Å²) in [6.07, 6.45) is 0. The van der Waals surface area contributed by atoms with Crippen molar-refractivity contribution in [1.82, 2.24) is 15.6 Å². The van der Waals surface area contributed by atoms with Crippen molar-refractivity contribution in [2.24, 2.45) is 16.8 Å². The number of ether oxygens (including phenoxy) is 1. The summed E-state index contributed by atoms with van der Waals surface area (Å²) in [6.45, 7) is 6.55. The zero-order chi connectivity index (χ0) is 13.3. The Bertz CT molecular complexity index is 289. The van der Waals surface area contributed by atoms with Gasteiger partial charge in [0.1, 0.15) is 5.76 Å². The SMILES string of the molecule is C=C(CNCC(=O)NC(=NN)N(C)N)OCC. The Morgan fingerprint density at radius 2 is 2.18 bits per heavy atom. The molecule has 0 aromatic heterocycles. The fourth-order valence-corrected chi connectivity index (χ4v) is 0.951. The number of nitrogens with two attached hydrogens (primary N) is 2. The van der Waals surface area contributed by atoms with Crippen LogP contribution in [0.4, 0.5) is 0 Å². The molecule has 8 heteroatoms. The van der Waals surface area contributed by atoms with Crippen LogP contribution in [0, 0.1) is 0 Å². The van der Waals surface area contributed by atoms with Crippen LogP contribution in [0.1, 0.15) is 6.92 Å². The minimum Gasteiger partial charge on any atom is -0.497 e. The van der Waals surface area contributed by atoms with E-state index in [0.29, 0.717) is 18.9 Å². The van der Waals surface area contributed by atoms with Crippen LogP contribution in [0.25, 0.3) is 0 Å². The normalized spacial score (nSPS) is 10.9. The minimum atomic E-state index is -0.309. The van der Waals surface area contributed by atoms with Crippen molar-refractivity contribution in [3.8, 4) is 0 Å². The number of guanidine groups is 1. The molecule has 0 spiro atoms. The van der Waals surface area contributed by atoms with Crippen molar-refractivity contribution in [1.29, 1.82) is 0 Å². The Morgan fingerprint density at radius 1 is 1.53 bits per heavy atom. The monoisotopic (exact) mass is 244 g/mol. The van der Waals surface area contributed by atoms with Gasteiger partial charge in [-0.15, -0.1) is 5.10 Å². The van der Waals surface area contributed by atoms with Crippen LogP contribution in [0.15, 0.2) is 17.4 Å². The van der Waals surface area contributed by atoms with Gasteiger partial charge in [-0.25, -0.2) is 5.84 Å². The highest BCUT2D eigenvalue weighted by Crippen LogP contribution is 1.88. The molecule has 98 valence electrons. The van der Waals surface area contributed by atoms with E-state index < -0.39 is 0 Å². The summed E-state index contributed by atoms with van der Waals surface area (Å²) < 4.78 is 5.10. The number of nitrogens with one attached hydrogen (secondary N) is 2. The van der Waals surface area contributed by atoms with E-state index in [1.165, 1.54) is 7.05 Å². The fourth-order valence-electron chi connectivity index (χ4n) is 0.951. The van der Waals surface area contributed by atoms with Crippen molar-refractivity contribution in [3.63, 3.8) is 0 Å². The Hall–Kier alpha value is -1.80. The highest BCUT2D eigenvalue weighted by atomic mass is 16.5. The lowest BCUT2D eigenvalue weighted by atomic mass is 10.5. The predicted octanol–water partition coefficient (Wildman–Crippen LogP) is -1.72. The summed E-state index contributed by atoms with van der Waals surface area (Å²) in [5, 5.41) is 9.70. The van der Waals surface area contributed by atoms with Crippen LogP contribution in [-0.2, 0) is 9.53 Å². The van der Waals surface area contributed by atoms with E-state index in [-0.39, 0.29) is 18.4 Å². The molecule has 0 saturated heterocycles. The molecule has 6 N–H and O–H groups in total. The van der Waals surface area contributed by atoms with Gasteiger partial charge in [-0.3, -0.25) is 15.1 Å². The molecular formula is C9H20N6O2. The van der Waals surface area contributed by atoms with Crippen LogP contribution >= 0.6 is 0 Å². The first-order chi connectivity index (χ1) is 8.01. The van der Waals surface area contributed by atoms with Crippen molar-refractivity contribution in [2.75, 3.05) is 26.7 Å². The maximum absolute atomic E-state index is 11.4. The molecule has 8 nitrogen and oxygen atoms in total. The second-order valence-corrected chi connectivity index (χ2v) is 3.19. The van der Waals surface area contributed by atoms with Gasteiger partial charge in [0, 0.05) is 7.05 Å². The molecule has 0 aromatic carbocycles. The van der Waals surface area contributed by atoms with Gasteiger partial charge < -0.3 is 15.9 Å². The minimum absolute atomic E-state index is 0.0823. The smallest absolute Gasteiger partial charge is 0.240 e. The molecule has 0 aliphatic heterocycles. The second-order valence-electron chi connectivity index (χ2n) is 3.19. The molecule has 0 bridgehead atoms. The molecule has 0 fully saturated rings. The molecule has 17 heavy (non-hydrogen) atoms. The van der Waals surface area contributed by atoms with Gasteiger partial charge in [-0.1, -0.05) is 6.58 Å². The Balaban J connectivity index is 3.84. The summed E-state index contributed by atoms with van der Waals surface area (Å²) in [7, 11) is 1.51. The summed E-state index contributed by atoms with van der Waals surface area (Å²) >= 11 is 0. The molecule has 0 aliphatic rings. The summed E-state index contributed by atoms with van der Waals surface area (Å²) in [6, 6.07) is 0. The fraction of sp³-hybridized carbons (Fsp3) is 0.556. The van der Waals surface area contributed by atoms with Crippen LogP contribution in [0.5, 0.6) is 0 Å². The Labute approximate surface area is 101 Å². The lowest BCUT2D eigenvalue weighted by Crippen LogP contribution is -2.48. The molecule has 0 rings (SSSR count). The summed E-state index contributed by atoms with van der Waals surface area (Å²) in [4.78, 5) is 11.4. The average Bonchev–Trinajstić information content (AvgIpc) is 2.25. The van der Waals surface area contributed by atoms with Crippen molar-refractivity contribution in [3.05, 3.63) is 12.3 Å². The Kier molecular flexibility index (Phi) is 7.48. The van der Waals surface area contributed by atoms with Gasteiger partial charge in [0.15, 0.2) is 0 Å². The Morgan fingerprint density at radius 3 is 2.65 bits per heavy atom. The van der Waals surface area contributed by atoms with E-state index in [0.717, 1.165) is 5.01 Å². The number of hydrazone groups is 1. The molecule has 0 heterocycles. The highest BCUT2D eigenvalue weighted by molar-refractivity contribution is 5.97. The van der Waals surface area contributed by atoms with E-state index >= 15 is 0 Å². The maximum Gasteiger partial charge on any atom is 0.240 e. The van der Waals surface area contributed by atoms with Gasteiger partial charge in [-0.05, 0) is 6.92 Å². The number of nitrogens with zero attached hydrogens (tertiary/aromatic N) is 2. The number of hydrazine groups is 1. The molecule has 0 atom stereocenters. The average molecular weight is 244 g/mol. The lowest BCUT2D eigenvalue weighted by Gasteiger charge is -2.15. The zero-order valence-electron chi connectivity index (χ0n) is 10.2. The maximum atomic E-state index is 11.4.